The van der Waals surface area contributed by atoms with Gasteiger partial charge in [0.1, 0.15) is 11.5 Å². The number of carbonyl (C=O) groups is 1. The maximum Gasteiger partial charge on any atom is 0.244 e. The highest BCUT2D eigenvalue weighted by Gasteiger charge is 2.36. The van der Waals surface area contributed by atoms with Crippen LogP contribution in [0.5, 0.6) is 11.5 Å². The van der Waals surface area contributed by atoms with E-state index in [2.05, 4.69) is 15.6 Å². The van der Waals surface area contributed by atoms with E-state index in [9.17, 15) is 4.79 Å². The molecule has 1 aromatic heterocycles. The van der Waals surface area contributed by atoms with Crippen molar-refractivity contribution < 1.29 is 14.3 Å². The van der Waals surface area contributed by atoms with Crippen LogP contribution < -0.4 is 14.4 Å². The number of hydrogen-bond donors (Lipinski definition) is 0. The van der Waals surface area contributed by atoms with E-state index in [1.54, 1.807) is 14.2 Å². The SMILES string of the molecule is COc1cc(OC)cc(N2CCC(N(C)Cc3cc4n(n3)CCCC4)C2=O)c1. The normalized spacial score (nSPS) is 19.2. The molecule has 1 aromatic carbocycles. The fourth-order valence-electron chi connectivity index (χ4n) is 4.20. The first-order valence-corrected chi connectivity index (χ1v) is 9.89. The minimum absolute atomic E-state index is 0.113. The Labute approximate surface area is 165 Å². The summed E-state index contributed by atoms with van der Waals surface area (Å²) in [6, 6.07) is 7.63. The van der Waals surface area contributed by atoms with E-state index in [1.807, 2.05) is 30.1 Å². The summed E-state index contributed by atoms with van der Waals surface area (Å²) in [6.07, 6.45) is 4.33. The maximum atomic E-state index is 13.1. The van der Waals surface area contributed by atoms with Crippen molar-refractivity contribution in [3.05, 3.63) is 35.7 Å². The number of likely N-dealkylation sites (N-methyl/N-ethyl adjacent to an activating group) is 1. The number of aryl methyl sites for hydroxylation is 2. The van der Waals surface area contributed by atoms with Crippen molar-refractivity contribution in [3.8, 4) is 11.5 Å². The highest BCUT2D eigenvalue weighted by molar-refractivity contribution is 5.99. The molecule has 28 heavy (non-hydrogen) atoms. The lowest BCUT2D eigenvalue weighted by atomic mass is 10.1. The first-order chi connectivity index (χ1) is 13.6. The first kappa shape index (κ1) is 18.8. The fourth-order valence-corrected chi connectivity index (χ4v) is 4.20. The lowest BCUT2D eigenvalue weighted by Gasteiger charge is -2.23. The summed E-state index contributed by atoms with van der Waals surface area (Å²) in [4.78, 5) is 17.1. The second kappa shape index (κ2) is 7.83. The molecule has 7 heteroatoms. The van der Waals surface area contributed by atoms with Gasteiger partial charge in [0.05, 0.1) is 31.6 Å². The number of benzene rings is 1. The van der Waals surface area contributed by atoms with Crippen molar-refractivity contribution >= 4 is 11.6 Å². The zero-order chi connectivity index (χ0) is 19.7. The Bertz CT molecular complexity index is 818. The van der Waals surface area contributed by atoms with Crippen LogP contribution >= 0.6 is 0 Å². The molecule has 1 amide bonds. The van der Waals surface area contributed by atoms with E-state index in [0.717, 1.165) is 30.8 Å². The Kier molecular flexibility index (Phi) is 5.26. The van der Waals surface area contributed by atoms with E-state index in [4.69, 9.17) is 14.6 Å². The smallest absolute Gasteiger partial charge is 0.244 e. The third kappa shape index (κ3) is 3.58. The van der Waals surface area contributed by atoms with Gasteiger partial charge in [-0.25, -0.2) is 0 Å². The molecule has 2 aliphatic heterocycles. The van der Waals surface area contributed by atoms with Gasteiger partial charge in [-0.3, -0.25) is 14.4 Å². The van der Waals surface area contributed by atoms with E-state index in [-0.39, 0.29) is 11.9 Å². The molecule has 1 saturated heterocycles. The maximum absolute atomic E-state index is 13.1. The van der Waals surface area contributed by atoms with Crippen LogP contribution in [0.2, 0.25) is 0 Å². The van der Waals surface area contributed by atoms with E-state index < -0.39 is 0 Å². The number of carbonyl (C=O) groups excluding carboxylic acids is 1. The molecule has 3 heterocycles. The van der Waals surface area contributed by atoms with Crippen molar-refractivity contribution in [2.45, 2.75) is 44.8 Å². The second-order valence-corrected chi connectivity index (χ2v) is 7.59. The van der Waals surface area contributed by atoms with Gasteiger partial charge in [0.2, 0.25) is 5.91 Å². The molecule has 0 N–H and O–H groups in total. The van der Waals surface area contributed by atoms with Crippen LogP contribution in [0.4, 0.5) is 5.69 Å². The summed E-state index contributed by atoms with van der Waals surface area (Å²) in [5.41, 5.74) is 3.18. The molecule has 0 bridgehead atoms. The number of nitrogens with zero attached hydrogens (tertiary/aromatic N) is 4. The third-order valence-electron chi connectivity index (χ3n) is 5.74. The number of anilines is 1. The van der Waals surface area contributed by atoms with Crippen molar-refractivity contribution in [2.75, 3.05) is 32.7 Å². The number of fused-ring (bicyclic) bond motifs is 1. The number of aromatic nitrogens is 2. The molecule has 150 valence electrons. The van der Waals surface area contributed by atoms with Gasteiger partial charge in [-0.15, -0.1) is 0 Å². The van der Waals surface area contributed by atoms with Crippen molar-refractivity contribution in [2.24, 2.45) is 0 Å². The van der Waals surface area contributed by atoms with Gasteiger partial charge < -0.3 is 14.4 Å². The van der Waals surface area contributed by atoms with Gasteiger partial charge in [0, 0.05) is 43.5 Å². The molecule has 0 saturated carbocycles. The average molecular weight is 384 g/mol. The molecule has 0 aliphatic carbocycles. The third-order valence-corrected chi connectivity index (χ3v) is 5.74. The van der Waals surface area contributed by atoms with Crippen LogP contribution in [0.15, 0.2) is 24.3 Å². The second-order valence-electron chi connectivity index (χ2n) is 7.59. The molecule has 7 nitrogen and oxygen atoms in total. The lowest BCUT2D eigenvalue weighted by molar-refractivity contribution is -0.121. The molecule has 1 atom stereocenters. The monoisotopic (exact) mass is 384 g/mol. The van der Waals surface area contributed by atoms with Gasteiger partial charge >= 0.3 is 0 Å². The Morgan fingerprint density at radius 1 is 1.11 bits per heavy atom. The van der Waals surface area contributed by atoms with Crippen LogP contribution in [0.3, 0.4) is 0 Å². The summed E-state index contributed by atoms with van der Waals surface area (Å²) in [5, 5.41) is 4.73. The highest BCUT2D eigenvalue weighted by atomic mass is 16.5. The zero-order valence-electron chi connectivity index (χ0n) is 16.9. The number of ether oxygens (including phenoxy) is 2. The first-order valence-electron chi connectivity index (χ1n) is 9.89. The summed E-state index contributed by atoms with van der Waals surface area (Å²) < 4.78 is 12.8. The Morgan fingerprint density at radius 2 is 1.86 bits per heavy atom. The molecular weight excluding hydrogens is 356 g/mol. The molecule has 4 rings (SSSR count). The minimum atomic E-state index is -0.143. The number of amides is 1. The summed E-state index contributed by atoms with van der Waals surface area (Å²) in [5.74, 6) is 1.48. The Morgan fingerprint density at radius 3 is 2.54 bits per heavy atom. The number of hydrogen-bond acceptors (Lipinski definition) is 5. The zero-order valence-corrected chi connectivity index (χ0v) is 16.9. The molecule has 1 unspecified atom stereocenters. The minimum Gasteiger partial charge on any atom is -0.497 e. The standard InChI is InChI=1S/C21H28N4O3/c1-23(14-15-10-16-6-4-5-8-25(16)22-15)20-7-9-24(21(20)26)17-11-18(27-2)13-19(12-17)28-3/h10-13,20H,4-9,14H2,1-3H3. The quantitative estimate of drug-likeness (QED) is 0.766. The van der Waals surface area contributed by atoms with E-state index >= 15 is 0 Å². The van der Waals surface area contributed by atoms with Crippen LogP contribution in [-0.2, 0) is 24.3 Å². The van der Waals surface area contributed by atoms with Crippen molar-refractivity contribution in [1.82, 2.24) is 14.7 Å². The molecule has 2 aromatic rings. The number of rotatable bonds is 6. The van der Waals surface area contributed by atoms with Gasteiger partial charge in [-0.2, -0.15) is 5.10 Å². The summed E-state index contributed by atoms with van der Waals surface area (Å²) >= 11 is 0. The molecular formula is C21H28N4O3. The Balaban J connectivity index is 1.47. The summed E-state index contributed by atoms with van der Waals surface area (Å²) in [7, 11) is 5.24. The average Bonchev–Trinajstić information content (AvgIpc) is 3.30. The van der Waals surface area contributed by atoms with Gasteiger partial charge in [-0.1, -0.05) is 0 Å². The lowest BCUT2D eigenvalue weighted by Crippen LogP contribution is -2.39. The molecule has 0 radical (unpaired) electrons. The highest BCUT2D eigenvalue weighted by Crippen LogP contribution is 2.32. The Hall–Kier alpha value is -2.54. The molecule has 2 aliphatic rings. The fraction of sp³-hybridized carbons (Fsp3) is 0.524. The van der Waals surface area contributed by atoms with E-state index in [1.165, 1.54) is 18.5 Å². The molecule has 0 spiro atoms. The number of methoxy groups -OCH3 is 2. The predicted octanol–water partition coefficient (Wildman–Crippen LogP) is 2.47. The van der Waals surface area contributed by atoms with Crippen molar-refractivity contribution in [1.29, 1.82) is 0 Å². The largest absolute Gasteiger partial charge is 0.497 e. The van der Waals surface area contributed by atoms with Crippen LogP contribution in [0.1, 0.15) is 30.7 Å². The topological polar surface area (TPSA) is 59.8 Å². The predicted molar refractivity (Wildman–Crippen MR) is 107 cm³/mol. The van der Waals surface area contributed by atoms with Crippen LogP contribution in [-0.4, -0.2) is 54.4 Å². The van der Waals surface area contributed by atoms with Crippen molar-refractivity contribution in [3.63, 3.8) is 0 Å². The molecule has 1 fully saturated rings. The van der Waals surface area contributed by atoms with Crippen LogP contribution in [0.25, 0.3) is 0 Å². The summed E-state index contributed by atoms with van der Waals surface area (Å²) in [6.45, 7) is 2.38. The van der Waals surface area contributed by atoms with Crippen LogP contribution in [0, 0.1) is 0 Å². The van der Waals surface area contributed by atoms with Gasteiger partial charge in [-0.05, 0) is 38.8 Å². The van der Waals surface area contributed by atoms with Gasteiger partial charge in [0.25, 0.3) is 0 Å². The van der Waals surface area contributed by atoms with E-state index in [0.29, 0.717) is 24.6 Å². The van der Waals surface area contributed by atoms with Gasteiger partial charge in [0.15, 0.2) is 0 Å².